The number of nitrogens with zero attached hydrogens (tertiary/aromatic N) is 4. The van der Waals surface area contributed by atoms with E-state index in [1.54, 1.807) is 24.3 Å². The molecule has 0 aliphatic rings. The summed E-state index contributed by atoms with van der Waals surface area (Å²) in [7, 11) is 0. The normalized spacial score (nSPS) is 11.6. The van der Waals surface area contributed by atoms with Crippen LogP contribution in [0.1, 0.15) is 24.2 Å². The van der Waals surface area contributed by atoms with E-state index in [9.17, 15) is 14.4 Å². The van der Waals surface area contributed by atoms with Crippen molar-refractivity contribution in [2.24, 2.45) is 0 Å². The number of Topliss-reactive ketones (excluding diaryl/α,β-unsaturated/α-hetero) is 1. The summed E-state index contributed by atoms with van der Waals surface area (Å²) >= 11 is 1.50. The third-order valence-electron chi connectivity index (χ3n) is 3.74. The molecule has 0 saturated carbocycles. The highest BCUT2D eigenvalue weighted by molar-refractivity contribution is 7.08. The summed E-state index contributed by atoms with van der Waals surface area (Å²) in [6.45, 7) is 2.66. The van der Waals surface area contributed by atoms with Crippen LogP contribution in [0.4, 0.5) is 5.69 Å². The lowest BCUT2D eigenvalue weighted by Crippen LogP contribution is -2.31. The topological polar surface area (TPSA) is 116 Å². The highest BCUT2D eigenvalue weighted by atomic mass is 32.1. The minimum absolute atomic E-state index is 0.0657. The second-order valence-electron chi connectivity index (χ2n) is 5.91. The van der Waals surface area contributed by atoms with Crippen molar-refractivity contribution < 1.29 is 19.1 Å². The van der Waals surface area contributed by atoms with Gasteiger partial charge >= 0.3 is 5.97 Å². The number of nitrogens with one attached hydrogen (secondary N) is 1. The predicted molar refractivity (Wildman–Crippen MR) is 102 cm³/mol. The van der Waals surface area contributed by atoms with Crippen molar-refractivity contribution in [3.05, 3.63) is 46.7 Å². The Balaban J connectivity index is 1.52. The number of hydrogen-bond acceptors (Lipinski definition) is 8. The minimum atomic E-state index is -1.01. The zero-order valence-corrected chi connectivity index (χ0v) is 16.0. The van der Waals surface area contributed by atoms with Crippen molar-refractivity contribution >= 4 is 34.7 Å². The molecule has 1 aromatic carbocycles. The van der Waals surface area contributed by atoms with Gasteiger partial charge in [-0.05, 0) is 54.8 Å². The average Bonchev–Trinajstić information content (AvgIpc) is 3.33. The summed E-state index contributed by atoms with van der Waals surface area (Å²) in [5.41, 5.74) is 1.85. The zero-order valence-electron chi connectivity index (χ0n) is 15.2. The molecule has 0 fully saturated rings. The van der Waals surface area contributed by atoms with Crippen LogP contribution in [0.3, 0.4) is 0 Å². The van der Waals surface area contributed by atoms with E-state index in [1.807, 2.05) is 16.8 Å². The van der Waals surface area contributed by atoms with Crippen LogP contribution in [-0.2, 0) is 20.9 Å². The quantitative estimate of drug-likeness (QED) is 0.478. The van der Waals surface area contributed by atoms with Crippen LogP contribution in [-0.4, -0.2) is 44.0 Å². The number of carbonyl (C=O) groups is 3. The van der Waals surface area contributed by atoms with Gasteiger partial charge in [0.15, 0.2) is 18.4 Å². The van der Waals surface area contributed by atoms with Crippen LogP contribution < -0.4 is 5.32 Å². The summed E-state index contributed by atoms with van der Waals surface area (Å²) in [5.74, 6) is -0.809. The summed E-state index contributed by atoms with van der Waals surface area (Å²) in [5, 5.41) is 18.2. The number of ketones is 1. The van der Waals surface area contributed by atoms with Gasteiger partial charge in [0.2, 0.25) is 5.82 Å². The van der Waals surface area contributed by atoms with Gasteiger partial charge in [-0.25, -0.2) is 4.79 Å². The molecule has 0 radical (unpaired) electrons. The molecule has 0 aliphatic heterocycles. The third-order valence-corrected chi connectivity index (χ3v) is 4.42. The number of esters is 1. The van der Waals surface area contributed by atoms with Gasteiger partial charge in [0, 0.05) is 22.2 Å². The first kappa shape index (κ1) is 19.4. The van der Waals surface area contributed by atoms with E-state index in [2.05, 4.69) is 20.7 Å². The molecular weight excluding hydrogens is 382 g/mol. The Bertz CT molecular complexity index is 982. The smallest absolute Gasteiger partial charge is 0.330 e. The molecule has 10 heteroatoms. The molecule has 3 aromatic rings. The molecule has 2 heterocycles. The number of carbonyl (C=O) groups excluding carboxylic acids is 3. The van der Waals surface area contributed by atoms with Crippen LogP contribution >= 0.6 is 11.3 Å². The fraction of sp³-hybridized carbons (Fsp3) is 0.222. The summed E-state index contributed by atoms with van der Waals surface area (Å²) in [6.07, 6.45) is -1.01. The van der Waals surface area contributed by atoms with Crippen molar-refractivity contribution in [3.8, 4) is 11.4 Å². The highest BCUT2D eigenvalue weighted by Gasteiger charge is 2.19. The van der Waals surface area contributed by atoms with Crippen molar-refractivity contribution in [3.63, 3.8) is 0 Å². The number of benzene rings is 1. The van der Waals surface area contributed by atoms with Crippen molar-refractivity contribution in [1.82, 2.24) is 20.2 Å². The Hall–Kier alpha value is -3.40. The molecule has 1 N–H and O–H groups in total. The van der Waals surface area contributed by atoms with Crippen molar-refractivity contribution in [2.75, 3.05) is 5.32 Å². The van der Waals surface area contributed by atoms with Crippen molar-refractivity contribution in [1.29, 1.82) is 0 Å². The third kappa shape index (κ3) is 4.86. The Morgan fingerprint density at radius 2 is 1.96 bits per heavy atom. The molecule has 0 unspecified atom stereocenters. The largest absolute Gasteiger partial charge is 0.451 e. The Labute approximate surface area is 164 Å². The molecule has 3 rings (SSSR count). The number of aromatic nitrogens is 4. The number of ether oxygens (including phenoxy) is 1. The van der Waals surface area contributed by atoms with Crippen LogP contribution in [0.2, 0.25) is 0 Å². The SMILES string of the molecule is CC(=O)c1ccc(NC(=O)[C@H](C)OC(=O)Cn2nnc(-c3ccsc3)n2)cc1. The number of amides is 1. The molecular formula is C18H17N5O4S. The van der Waals surface area contributed by atoms with Crippen LogP contribution in [0, 0.1) is 0 Å². The molecule has 1 amide bonds. The number of rotatable bonds is 7. The van der Waals surface area contributed by atoms with Crippen molar-refractivity contribution in [2.45, 2.75) is 26.5 Å². The lowest BCUT2D eigenvalue weighted by molar-refractivity contribution is -0.154. The van der Waals surface area contributed by atoms with Crippen LogP contribution in [0.5, 0.6) is 0 Å². The van der Waals surface area contributed by atoms with Crippen LogP contribution in [0.25, 0.3) is 11.4 Å². The van der Waals surface area contributed by atoms with Gasteiger partial charge in [0.05, 0.1) is 0 Å². The van der Waals surface area contributed by atoms with Gasteiger partial charge in [-0.3, -0.25) is 9.59 Å². The van der Waals surface area contributed by atoms with E-state index in [-0.39, 0.29) is 12.3 Å². The van der Waals surface area contributed by atoms with Gasteiger partial charge in [-0.1, -0.05) is 0 Å². The maximum absolute atomic E-state index is 12.2. The predicted octanol–water partition coefficient (Wildman–Crippen LogP) is 2.17. The van der Waals surface area contributed by atoms with E-state index in [0.717, 1.165) is 10.4 Å². The molecule has 28 heavy (non-hydrogen) atoms. The van der Waals surface area contributed by atoms with E-state index in [4.69, 9.17) is 4.74 Å². The number of thiophene rings is 1. The first-order valence-electron chi connectivity index (χ1n) is 8.34. The lowest BCUT2D eigenvalue weighted by atomic mass is 10.1. The molecule has 0 aliphatic carbocycles. The average molecular weight is 399 g/mol. The van der Waals surface area contributed by atoms with E-state index in [0.29, 0.717) is 17.1 Å². The van der Waals surface area contributed by atoms with E-state index in [1.165, 1.54) is 25.2 Å². The Kier molecular flexibility index (Phi) is 5.90. The standard InChI is InChI=1S/C18H17N5O4S/c1-11(24)13-3-5-15(6-4-13)19-18(26)12(2)27-16(25)9-23-21-17(20-22-23)14-7-8-28-10-14/h3-8,10,12H,9H2,1-2H3,(H,19,26)/t12-/m0/s1. The fourth-order valence-corrected chi connectivity index (χ4v) is 2.89. The molecule has 1 atom stereocenters. The summed E-state index contributed by atoms with van der Waals surface area (Å²) < 4.78 is 5.12. The molecule has 0 bridgehead atoms. The lowest BCUT2D eigenvalue weighted by Gasteiger charge is -2.13. The summed E-state index contributed by atoms with van der Waals surface area (Å²) in [6, 6.07) is 8.27. The second kappa shape index (κ2) is 8.53. The maximum Gasteiger partial charge on any atom is 0.330 e. The maximum atomic E-state index is 12.2. The first-order chi connectivity index (χ1) is 13.4. The molecule has 0 saturated heterocycles. The summed E-state index contributed by atoms with van der Waals surface area (Å²) in [4.78, 5) is 36.6. The molecule has 9 nitrogen and oxygen atoms in total. The minimum Gasteiger partial charge on any atom is -0.451 e. The van der Waals surface area contributed by atoms with Gasteiger partial charge in [-0.2, -0.15) is 16.1 Å². The van der Waals surface area contributed by atoms with E-state index < -0.39 is 18.0 Å². The number of tetrazole rings is 1. The Morgan fingerprint density at radius 3 is 2.61 bits per heavy atom. The van der Waals surface area contributed by atoms with Gasteiger partial charge in [0.1, 0.15) is 0 Å². The molecule has 144 valence electrons. The van der Waals surface area contributed by atoms with E-state index >= 15 is 0 Å². The van der Waals surface area contributed by atoms with Gasteiger partial charge < -0.3 is 10.1 Å². The second-order valence-corrected chi connectivity index (χ2v) is 6.69. The monoisotopic (exact) mass is 399 g/mol. The zero-order chi connectivity index (χ0) is 20.1. The molecule has 2 aromatic heterocycles. The highest BCUT2D eigenvalue weighted by Crippen LogP contribution is 2.16. The van der Waals surface area contributed by atoms with Gasteiger partial charge in [0.25, 0.3) is 5.91 Å². The fourth-order valence-electron chi connectivity index (χ4n) is 2.25. The van der Waals surface area contributed by atoms with Gasteiger partial charge in [-0.15, -0.1) is 10.2 Å². The Morgan fingerprint density at radius 1 is 1.21 bits per heavy atom. The number of hydrogen-bond donors (Lipinski definition) is 1. The van der Waals surface area contributed by atoms with Crippen LogP contribution in [0.15, 0.2) is 41.1 Å². The number of anilines is 1. The first-order valence-corrected chi connectivity index (χ1v) is 9.28. The molecule has 0 spiro atoms.